The van der Waals surface area contributed by atoms with E-state index < -0.39 is 6.17 Å². The van der Waals surface area contributed by atoms with Gasteiger partial charge < -0.3 is 25.6 Å². The summed E-state index contributed by atoms with van der Waals surface area (Å²) in [5.74, 6) is 0.271. The van der Waals surface area contributed by atoms with E-state index in [1.165, 1.54) is 12.1 Å². The van der Waals surface area contributed by atoms with Crippen LogP contribution in [0.4, 0.5) is 10.1 Å². The van der Waals surface area contributed by atoms with Gasteiger partial charge in [0, 0.05) is 24.9 Å². The zero-order chi connectivity index (χ0) is 18.8. The van der Waals surface area contributed by atoms with Crippen LogP contribution in [0.25, 0.3) is 0 Å². The zero-order valence-corrected chi connectivity index (χ0v) is 15.0. The van der Waals surface area contributed by atoms with Gasteiger partial charge in [0.25, 0.3) is 0 Å². The smallest absolute Gasteiger partial charge is 0.249 e. The predicted molar refractivity (Wildman–Crippen MR) is 97.2 cm³/mol. The molecular formula is C19H23FN4O3. The fraction of sp³-hybridized carbons (Fsp3) is 0.474. The van der Waals surface area contributed by atoms with Gasteiger partial charge in [-0.25, -0.2) is 4.39 Å². The second-order valence-corrected chi connectivity index (χ2v) is 7.10. The molecule has 2 fully saturated rings. The molecule has 27 heavy (non-hydrogen) atoms. The number of benzene rings is 1. The molecule has 0 bridgehead atoms. The fourth-order valence-corrected chi connectivity index (χ4v) is 3.41. The zero-order valence-electron chi connectivity index (χ0n) is 15.0. The summed E-state index contributed by atoms with van der Waals surface area (Å²) in [6.07, 6.45) is 3.06. The van der Waals surface area contributed by atoms with Crippen molar-refractivity contribution in [2.45, 2.75) is 31.3 Å². The molecule has 1 saturated carbocycles. The Morgan fingerprint density at radius 1 is 1.26 bits per heavy atom. The molecule has 1 aliphatic carbocycles. The van der Waals surface area contributed by atoms with Crippen LogP contribution in [0.15, 0.2) is 30.1 Å². The van der Waals surface area contributed by atoms with Gasteiger partial charge in [0.1, 0.15) is 17.8 Å². The van der Waals surface area contributed by atoms with Crippen LogP contribution in [0.2, 0.25) is 0 Å². The highest BCUT2D eigenvalue weighted by atomic mass is 19.1. The third kappa shape index (κ3) is 4.39. The molecule has 1 saturated heterocycles. The molecule has 1 unspecified atom stereocenters. The summed E-state index contributed by atoms with van der Waals surface area (Å²) in [6, 6.07) is 4.66. The van der Waals surface area contributed by atoms with E-state index in [-0.39, 0.29) is 30.0 Å². The van der Waals surface area contributed by atoms with E-state index in [0.29, 0.717) is 43.4 Å². The summed E-state index contributed by atoms with van der Waals surface area (Å²) in [5, 5.41) is 8.74. The van der Waals surface area contributed by atoms with Crippen LogP contribution >= 0.6 is 0 Å². The van der Waals surface area contributed by atoms with E-state index in [9.17, 15) is 14.0 Å². The molecule has 4 rings (SSSR count). The Hall–Kier alpha value is -2.61. The van der Waals surface area contributed by atoms with Crippen molar-refractivity contribution >= 4 is 17.5 Å². The highest BCUT2D eigenvalue weighted by molar-refractivity contribution is 5.93. The van der Waals surface area contributed by atoms with Gasteiger partial charge in [-0.1, -0.05) is 0 Å². The minimum absolute atomic E-state index is 0.0730. The maximum absolute atomic E-state index is 13.8. The molecule has 0 radical (unpaired) electrons. The van der Waals surface area contributed by atoms with Gasteiger partial charge >= 0.3 is 0 Å². The van der Waals surface area contributed by atoms with Gasteiger partial charge in [0.2, 0.25) is 11.8 Å². The van der Waals surface area contributed by atoms with Crippen LogP contribution in [0.3, 0.4) is 0 Å². The number of carbonyl (C=O) groups is 2. The second kappa shape index (κ2) is 7.56. The van der Waals surface area contributed by atoms with Gasteiger partial charge in [-0.2, -0.15) is 0 Å². The van der Waals surface area contributed by atoms with Crippen LogP contribution in [0.5, 0.6) is 0 Å². The molecule has 8 heteroatoms. The molecule has 0 aromatic heterocycles. The topological polar surface area (TPSA) is 82.7 Å². The Kier molecular flexibility index (Phi) is 4.98. The largest absolute Gasteiger partial charge is 0.378 e. The average molecular weight is 374 g/mol. The van der Waals surface area contributed by atoms with Crippen molar-refractivity contribution in [2.75, 3.05) is 31.6 Å². The summed E-state index contributed by atoms with van der Waals surface area (Å²) >= 11 is 0. The standard InChI is InChI=1S/C19H23FN4O3/c20-15-4-3-13(9-14(15)12-1-2-12)21-18(25)10-16-22-17(11-19(26)23-16)24-5-7-27-8-6-24/h3-4,9,11-12,16,22H,1-2,5-8,10H2,(H,21,25)(H,23,26). The molecular weight excluding hydrogens is 351 g/mol. The molecule has 3 N–H and O–H groups in total. The molecule has 2 heterocycles. The SMILES string of the molecule is O=C1C=C(N2CCOCC2)NC(CC(=O)Nc2ccc(F)c(C3CC3)c2)N1. The van der Waals surface area contributed by atoms with Crippen molar-refractivity contribution < 1.29 is 18.7 Å². The van der Waals surface area contributed by atoms with Gasteiger partial charge in [-0.05, 0) is 42.5 Å². The third-order valence-electron chi connectivity index (χ3n) is 4.94. The number of amides is 2. The number of nitrogens with zero attached hydrogens (tertiary/aromatic N) is 1. The van der Waals surface area contributed by atoms with Crippen LogP contribution in [0, 0.1) is 5.82 Å². The minimum Gasteiger partial charge on any atom is -0.378 e. The lowest BCUT2D eigenvalue weighted by Crippen LogP contribution is -2.54. The van der Waals surface area contributed by atoms with Gasteiger partial charge in [0.05, 0.1) is 19.6 Å². The lowest BCUT2D eigenvalue weighted by Gasteiger charge is -2.35. The molecule has 0 spiro atoms. The number of ether oxygens (including phenoxy) is 1. The van der Waals surface area contributed by atoms with Crippen molar-refractivity contribution in [3.05, 3.63) is 41.5 Å². The monoisotopic (exact) mass is 374 g/mol. The molecule has 3 aliphatic rings. The Labute approximate surface area is 156 Å². The number of anilines is 1. The number of halogens is 1. The Morgan fingerprint density at radius 2 is 2.04 bits per heavy atom. The van der Waals surface area contributed by atoms with Crippen LogP contribution in [0.1, 0.15) is 30.7 Å². The van der Waals surface area contributed by atoms with E-state index in [1.807, 2.05) is 4.90 Å². The molecule has 2 amide bonds. The molecule has 144 valence electrons. The Bertz CT molecular complexity index is 772. The molecule has 1 aromatic rings. The fourth-order valence-electron chi connectivity index (χ4n) is 3.41. The molecule has 1 atom stereocenters. The Balaban J connectivity index is 1.36. The van der Waals surface area contributed by atoms with Crippen LogP contribution < -0.4 is 16.0 Å². The van der Waals surface area contributed by atoms with Crippen molar-refractivity contribution in [2.24, 2.45) is 0 Å². The minimum atomic E-state index is -0.497. The number of hydrogen-bond acceptors (Lipinski definition) is 5. The number of rotatable bonds is 5. The first-order valence-corrected chi connectivity index (χ1v) is 9.29. The van der Waals surface area contributed by atoms with E-state index >= 15 is 0 Å². The maximum Gasteiger partial charge on any atom is 0.249 e. The summed E-state index contributed by atoms with van der Waals surface area (Å²) in [7, 11) is 0. The summed E-state index contributed by atoms with van der Waals surface area (Å²) in [5.41, 5.74) is 1.24. The quantitative estimate of drug-likeness (QED) is 0.723. The van der Waals surface area contributed by atoms with Gasteiger partial charge in [-0.3, -0.25) is 9.59 Å². The summed E-state index contributed by atoms with van der Waals surface area (Å²) in [4.78, 5) is 26.4. The first-order valence-electron chi connectivity index (χ1n) is 9.29. The molecule has 2 aliphatic heterocycles. The molecule has 7 nitrogen and oxygen atoms in total. The van der Waals surface area contributed by atoms with E-state index in [1.54, 1.807) is 12.1 Å². The van der Waals surface area contributed by atoms with Crippen molar-refractivity contribution in [3.8, 4) is 0 Å². The predicted octanol–water partition coefficient (Wildman–Crippen LogP) is 1.25. The summed E-state index contributed by atoms with van der Waals surface area (Å²) < 4.78 is 19.2. The maximum atomic E-state index is 13.8. The normalized spacial score (nSPS) is 22.6. The number of carbonyl (C=O) groups excluding carboxylic acids is 2. The first-order chi connectivity index (χ1) is 13.1. The van der Waals surface area contributed by atoms with Crippen LogP contribution in [-0.2, 0) is 14.3 Å². The number of hydrogen-bond donors (Lipinski definition) is 3. The van der Waals surface area contributed by atoms with Crippen molar-refractivity contribution in [1.82, 2.24) is 15.5 Å². The third-order valence-corrected chi connectivity index (χ3v) is 4.94. The first kappa shape index (κ1) is 17.8. The molecule has 1 aromatic carbocycles. The Morgan fingerprint density at radius 3 is 2.78 bits per heavy atom. The second-order valence-electron chi connectivity index (χ2n) is 7.10. The van der Waals surface area contributed by atoms with E-state index in [2.05, 4.69) is 16.0 Å². The highest BCUT2D eigenvalue weighted by Gasteiger charge is 2.28. The van der Waals surface area contributed by atoms with Gasteiger partial charge in [0.15, 0.2) is 0 Å². The number of morpholine rings is 1. The summed E-state index contributed by atoms with van der Waals surface area (Å²) in [6.45, 7) is 2.62. The highest BCUT2D eigenvalue weighted by Crippen LogP contribution is 2.42. The van der Waals surface area contributed by atoms with Gasteiger partial charge in [-0.15, -0.1) is 0 Å². The lowest BCUT2D eigenvalue weighted by molar-refractivity contribution is -0.119. The van der Waals surface area contributed by atoms with Crippen molar-refractivity contribution in [3.63, 3.8) is 0 Å². The van der Waals surface area contributed by atoms with E-state index in [0.717, 1.165) is 12.8 Å². The van der Waals surface area contributed by atoms with Crippen molar-refractivity contribution in [1.29, 1.82) is 0 Å². The number of nitrogens with one attached hydrogen (secondary N) is 3. The van der Waals surface area contributed by atoms with E-state index in [4.69, 9.17) is 4.74 Å². The average Bonchev–Trinajstić information content (AvgIpc) is 3.48. The lowest BCUT2D eigenvalue weighted by atomic mass is 10.1. The van der Waals surface area contributed by atoms with Crippen LogP contribution in [-0.4, -0.2) is 49.2 Å².